The molecule has 0 unspecified atom stereocenters. The van der Waals surface area contributed by atoms with E-state index in [0.717, 1.165) is 0 Å². The first-order valence-corrected chi connectivity index (χ1v) is 4.73. The first kappa shape index (κ1) is 12.8. The molecule has 0 fully saturated rings. The van der Waals surface area contributed by atoms with Crippen LogP contribution in [0.1, 0.15) is 13.8 Å². The summed E-state index contributed by atoms with van der Waals surface area (Å²) in [5, 5.41) is 0.626. The summed E-state index contributed by atoms with van der Waals surface area (Å²) in [6.45, 7) is 3.89. The van der Waals surface area contributed by atoms with Crippen LogP contribution >= 0.6 is 11.6 Å². The highest BCUT2D eigenvalue weighted by Crippen LogP contribution is 2.14. The van der Waals surface area contributed by atoms with Crippen LogP contribution in [0.15, 0.2) is 24.3 Å². The third-order valence-electron chi connectivity index (χ3n) is 1.19. The lowest BCUT2D eigenvalue weighted by Gasteiger charge is -2.02. The third-order valence-corrected chi connectivity index (χ3v) is 1.45. The summed E-state index contributed by atoms with van der Waals surface area (Å²) in [4.78, 5) is 10.3. The van der Waals surface area contributed by atoms with Gasteiger partial charge in [0.05, 0.1) is 0 Å². The molecule has 1 rings (SSSR count). The summed E-state index contributed by atoms with van der Waals surface area (Å²) in [6, 6.07) is 6.70. The summed E-state index contributed by atoms with van der Waals surface area (Å²) >= 11 is 5.63. The standard InChI is InChI=1S/C8H8ClNO2.C2H6/c9-6-1-3-7(4-2-6)12-5-8(10)11;1-2/h1-4H,5H2,(H2,10,11);1-2H3. The number of carbonyl (C=O) groups excluding carboxylic acids is 1. The van der Waals surface area contributed by atoms with Gasteiger partial charge in [-0.15, -0.1) is 0 Å². The molecule has 4 heteroatoms. The van der Waals surface area contributed by atoms with Crippen LogP contribution in [0.5, 0.6) is 5.75 Å². The van der Waals surface area contributed by atoms with Crippen LogP contribution in [0.4, 0.5) is 0 Å². The Hall–Kier alpha value is -1.22. The van der Waals surface area contributed by atoms with E-state index >= 15 is 0 Å². The molecule has 0 spiro atoms. The van der Waals surface area contributed by atoms with Crippen molar-refractivity contribution in [1.29, 1.82) is 0 Å². The van der Waals surface area contributed by atoms with E-state index in [1.54, 1.807) is 24.3 Å². The molecule has 1 amide bonds. The average molecular weight is 216 g/mol. The van der Waals surface area contributed by atoms with Crippen molar-refractivity contribution in [2.24, 2.45) is 5.73 Å². The topological polar surface area (TPSA) is 52.3 Å². The Balaban J connectivity index is 0.000000791. The maximum atomic E-state index is 10.3. The molecule has 0 radical (unpaired) electrons. The zero-order chi connectivity index (χ0) is 11.0. The highest BCUT2D eigenvalue weighted by molar-refractivity contribution is 6.30. The average Bonchev–Trinajstić information content (AvgIpc) is 2.20. The second-order valence-corrected chi connectivity index (χ2v) is 2.65. The Bertz CT molecular complexity index is 272. The number of hydrogen-bond acceptors (Lipinski definition) is 2. The molecule has 0 saturated carbocycles. The maximum Gasteiger partial charge on any atom is 0.255 e. The van der Waals surface area contributed by atoms with Crippen LogP contribution in [-0.2, 0) is 4.79 Å². The fourth-order valence-electron chi connectivity index (χ4n) is 0.685. The molecule has 0 aromatic heterocycles. The van der Waals surface area contributed by atoms with Gasteiger partial charge in [-0.2, -0.15) is 0 Å². The van der Waals surface area contributed by atoms with E-state index in [1.807, 2.05) is 13.8 Å². The number of ether oxygens (including phenoxy) is 1. The van der Waals surface area contributed by atoms with Crippen molar-refractivity contribution in [3.8, 4) is 5.75 Å². The second-order valence-electron chi connectivity index (χ2n) is 2.21. The van der Waals surface area contributed by atoms with Crippen LogP contribution in [0, 0.1) is 0 Å². The lowest BCUT2D eigenvalue weighted by molar-refractivity contribution is -0.119. The minimum atomic E-state index is -0.495. The third kappa shape index (κ3) is 5.43. The summed E-state index contributed by atoms with van der Waals surface area (Å²) in [5.41, 5.74) is 4.88. The summed E-state index contributed by atoms with van der Waals surface area (Å²) in [7, 11) is 0. The number of halogens is 1. The van der Waals surface area contributed by atoms with Gasteiger partial charge >= 0.3 is 0 Å². The molecule has 1 aromatic rings. The fourth-order valence-corrected chi connectivity index (χ4v) is 0.811. The highest BCUT2D eigenvalue weighted by Gasteiger charge is 1.96. The van der Waals surface area contributed by atoms with Gasteiger partial charge in [-0.25, -0.2) is 0 Å². The number of hydrogen-bond donors (Lipinski definition) is 1. The molecule has 0 aliphatic heterocycles. The molecule has 0 heterocycles. The van der Waals surface area contributed by atoms with E-state index in [4.69, 9.17) is 22.1 Å². The number of benzene rings is 1. The summed E-state index contributed by atoms with van der Waals surface area (Å²) in [6.07, 6.45) is 0. The Kier molecular flexibility index (Phi) is 6.58. The maximum absolute atomic E-state index is 10.3. The molecule has 3 nitrogen and oxygen atoms in total. The summed E-state index contributed by atoms with van der Waals surface area (Å²) < 4.78 is 4.99. The number of carbonyl (C=O) groups is 1. The van der Waals surface area contributed by atoms with Crippen LogP contribution < -0.4 is 10.5 Å². The predicted octanol–water partition coefficient (Wildman–Crippen LogP) is 2.23. The largest absolute Gasteiger partial charge is 0.484 e. The van der Waals surface area contributed by atoms with Crippen molar-refractivity contribution in [1.82, 2.24) is 0 Å². The van der Waals surface area contributed by atoms with Gasteiger partial charge in [0.1, 0.15) is 5.75 Å². The van der Waals surface area contributed by atoms with Gasteiger partial charge in [-0.1, -0.05) is 25.4 Å². The zero-order valence-electron chi connectivity index (χ0n) is 8.29. The van der Waals surface area contributed by atoms with Gasteiger partial charge in [-0.05, 0) is 24.3 Å². The van der Waals surface area contributed by atoms with E-state index in [2.05, 4.69) is 0 Å². The molecule has 0 bridgehead atoms. The van der Waals surface area contributed by atoms with Gasteiger partial charge in [0.15, 0.2) is 6.61 Å². The summed E-state index contributed by atoms with van der Waals surface area (Å²) in [5.74, 6) is 0.0863. The minimum absolute atomic E-state index is 0.109. The van der Waals surface area contributed by atoms with Gasteiger partial charge in [0.2, 0.25) is 0 Å². The molecular formula is C10H14ClNO2. The highest BCUT2D eigenvalue weighted by atomic mass is 35.5. The number of amides is 1. The quantitative estimate of drug-likeness (QED) is 0.841. The lowest BCUT2D eigenvalue weighted by atomic mass is 10.3. The van der Waals surface area contributed by atoms with Crippen molar-refractivity contribution in [2.45, 2.75) is 13.8 Å². The van der Waals surface area contributed by atoms with Crippen LogP contribution in [-0.4, -0.2) is 12.5 Å². The Morgan fingerprint density at radius 3 is 2.29 bits per heavy atom. The molecular weight excluding hydrogens is 202 g/mol. The van der Waals surface area contributed by atoms with Crippen LogP contribution in [0.2, 0.25) is 5.02 Å². The monoisotopic (exact) mass is 215 g/mol. The minimum Gasteiger partial charge on any atom is -0.484 e. The Labute approximate surface area is 88.8 Å². The number of rotatable bonds is 3. The zero-order valence-corrected chi connectivity index (χ0v) is 9.04. The van der Waals surface area contributed by atoms with Gasteiger partial charge in [-0.3, -0.25) is 4.79 Å². The number of primary amides is 1. The SMILES string of the molecule is CC.NC(=O)COc1ccc(Cl)cc1. The predicted molar refractivity (Wildman–Crippen MR) is 57.5 cm³/mol. The van der Waals surface area contributed by atoms with Gasteiger partial charge < -0.3 is 10.5 Å². The molecule has 0 aliphatic carbocycles. The van der Waals surface area contributed by atoms with Crippen LogP contribution in [0.3, 0.4) is 0 Å². The van der Waals surface area contributed by atoms with E-state index < -0.39 is 5.91 Å². The molecule has 0 atom stereocenters. The Morgan fingerprint density at radius 2 is 1.86 bits per heavy atom. The number of nitrogens with two attached hydrogens (primary N) is 1. The van der Waals surface area contributed by atoms with Crippen molar-refractivity contribution in [2.75, 3.05) is 6.61 Å². The fraction of sp³-hybridized carbons (Fsp3) is 0.300. The first-order chi connectivity index (χ1) is 6.68. The van der Waals surface area contributed by atoms with Crippen molar-refractivity contribution in [3.63, 3.8) is 0 Å². The van der Waals surface area contributed by atoms with Crippen LogP contribution in [0.25, 0.3) is 0 Å². The van der Waals surface area contributed by atoms with Crippen molar-refractivity contribution < 1.29 is 9.53 Å². The van der Waals surface area contributed by atoms with Crippen molar-refractivity contribution >= 4 is 17.5 Å². The molecule has 1 aromatic carbocycles. The van der Waals surface area contributed by atoms with E-state index in [-0.39, 0.29) is 6.61 Å². The lowest BCUT2D eigenvalue weighted by Crippen LogP contribution is -2.19. The van der Waals surface area contributed by atoms with E-state index in [1.165, 1.54) is 0 Å². The first-order valence-electron chi connectivity index (χ1n) is 4.35. The van der Waals surface area contributed by atoms with E-state index in [9.17, 15) is 4.79 Å². The van der Waals surface area contributed by atoms with Gasteiger partial charge in [0, 0.05) is 5.02 Å². The molecule has 2 N–H and O–H groups in total. The normalized spacial score (nSPS) is 8.50. The molecule has 0 saturated heterocycles. The molecule has 0 aliphatic rings. The smallest absolute Gasteiger partial charge is 0.255 e. The second kappa shape index (κ2) is 7.21. The molecule has 78 valence electrons. The molecule has 14 heavy (non-hydrogen) atoms. The van der Waals surface area contributed by atoms with E-state index in [0.29, 0.717) is 10.8 Å². The Morgan fingerprint density at radius 1 is 1.36 bits per heavy atom. The van der Waals surface area contributed by atoms with Crippen molar-refractivity contribution in [3.05, 3.63) is 29.3 Å². The van der Waals surface area contributed by atoms with Gasteiger partial charge in [0.25, 0.3) is 5.91 Å².